The Labute approximate surface area is 85.7 Å². The number of aromatic nitrogens is 1. The maximum atomic E-state index is 4.09. The lowest BCUT2D eigenvalue weighted by Crippen LogP contribution is -2.05. The van der Waals surface area contributed by atoms with Crippen molar-refractivity contribution in [3.05, 3.63) is 24.0 Å². The Morgan fingerprint density at radius 1 is 1.57 bits per heavy atom. The summed E-state index contributed by atoms with van der Waals surface area (Å²) in [5.41, 5.74) is 2.50. The fraction of sp³-hybridized carbons (Fsp3) is 0.583. The summed E-state index contributed by atoms with van der Waals surface area (Å²) in [4.78, 5) is 4.09. The van der Waals surface area contributed by atoms with Crippen LogP contribution in [0.1, 0.15) is 31.7 Å². The Hall–Kier alpha value is -1.05. The molecule has 1 aliphatic rings. The third kappa shape index (κ3) is 2.06. The van der Waals surface area contributed by atoms with Gasteiger partial charge in [-0.25, -0.2) is 0 Å². The summed E-state index contributed by atoms with van der Waals surface area (Å²) >= 11 is 0. The first-order valence-corrected chi connectivity index (χ1v) is 5.48. The van der Waals surface area contributed by atoms with Crippen LogP contribution >= 0.6 is 0 Å². The molecule has 0 spiro atoms. The molecule has 1 aliphatic carbocycles. The summed E-state index contributed by atoms with van der Waals surface area (Å²) in [5.74, 6) is 0.910. The van der Waals surface area contributed by atoms with E-state index in [0.717, 1.165) is 12.0 Å². The van der Waals surface area contributed by atoms with Crippen LogP contribution in [0.5, 0.6) is 0 Å². The van der Waals surface area contributed by atoms with Crippen LogP contribution in [0, 0.1) is 12.8 Å². The zero-order chi connectivity index (χ0) is 9.97. The summed E-state index contributed by atoms with van der Waals surface area (Å²) in [6.07, 6.45) is 7.78. The minimum atomic E-state index is 0.719. The SMILES string of the molecule is CCCC1CC1Nc1ccncc1C. The fourth-order valence-electron chi connectivity index (χ4n) is 1.95. The Kier molecular flexibility index (Phi) is 2.71. The highest BCUT2D eigenvalue weighted by Crippen LogP contribution is 2.37. The Bertz CT molecular complexity index is 309. The monoisotopic (exact) mass is 190 g/mol. The molecule has 2 atom stereocenters. The number of nitrogens with zero attached hydrogens (tertiary/aromatic N) is 1. The van der Waals surface area contributed by atoms with Gasteiger partial charge in [0.2, 0.25) is 0 Å². The van der Waals surface area contributed by atoms with Crippen LogP contribution in [0.25, 0.3) is 0 Å². The number of hydrogen-bond donors (Lipinski definition) is 1. The van der Waals surface area contributed by atoms with Gasteiger partial charge in [0.15, 0.2) is 0 Å². The van der Waals surface area contributed by atoms with E-state index in [9.17, 15) is 0 Å². The highest BCUT2D eigenvalue weighted by Gasteiger charge is 2.35. The largest absolute Gasteiger partial charge is 0.382 e. The highest BCUT2D eigenvalue weighted by atomic mass is 15.0. The van der Waals surface area contributed by atoms with E-state index in [1.54, 1.807) is 0 Å². The molecule has 2 heteroatoms. The van der Waals surface area contributed by atoms with E-state index in [0.29, 0.717) is 0 Å². The summed E-state index contributed by atoms with van der Waals surface area (Å²) in [6.45, 7) is 4.36. The van der Waals surface area contributed by atoms with E-state index < -0.39 is 0 Å². The number of rotatable bonds is 4. The standard InChI is InChI=1S/C12H18N2/c1-3-4-10-7-12(10)14-11-5-6-13-8-9(11)2/h5-6,8,10,12H,3-4,7H2,1-2H3,(H,13,14). The van der Waals surface area contributed by atoms with Crippen molar-refractivity contribution in [2.24, 2.45) is 5.92 Å². The normalized spacial score (nSPS) is 24.7. The van der Waals surface area contributed by atoms with Gasteiger partial charge in [0.25, 0.3) is 0 Å². The molecule has 0 amide bonds. The van der Waals surface area contributed by atoms with Gasteiger partial charge in [-0.1, -0.05) is 13.3 Å². The molecule has 1 fully saturated rings. The zero-order valence-electron chi connectivity index (χ0n) is 8.96. The van der Waals surface area contributed by atoms with Crippen molar-refractivity contribution in [3.63, 3.8) is 0 Å². The fourth-order valence-corrected chi connectivity index (χ4v) is 1.95. The lowest BCUT2D eigenvalue weighted by molar-refractivity contribution is 0.692. The number of anilines is 1. The van der Waals surface area contributed by atoms with Gasteiger partial charge >= 0.3 is 0 Å². The molecule has 0 bridgehead atoms. The molecule has 2 unspecified atom stereocenters. The van der Waals surface area contributed by atoms with Gasteiger partial charge in [0.05, 0.1) is 0 Å². The van der Waals surface area contributed by atoms with Gasteiger partial charge in [-0.2, -0.15) is 0 Å². The average molecular weight is 190 g/mol. The molecule has 0 aromatic carbocycles. The maximum Gasteiger partial charge on any atom is 0.0403 e. The van der Waals surface area contributed by atoms with Crippen molar-refractivity contribution in [1.82, 2.24) is 4.98 Å². The molecule has 0 radical (unpaired) electrons. The number of pyridine rings is 1. The molecule has 1 heterocycles. The van der Waals surface area contributed by atoms with Crippen LogP contribution in [0.3, 0.4) is 0 Å². The lowest BCUT2D eigenvalue weighted by Gasteiger charge is -2.07. The molecule has 0 saturated heterocycles. The van der Waals surface area contributed by atoms with Gasteiger partial charge in [0, 0.05) is 24.1 Å². The Morgan fingerprint density at radius 3 is 3.14 bits per heavy atom. The zero-order valence-corrected chi connectivity index (χ0v) is 8.96. The van der Waals surface area contributed by atoms with Crippen molar-refractivity contribution in [1.29, 1.82) is 0 Å². The molecule has 1 aromatic rings. The van der Waals surface area contributed by atoms with Crippen LogP contribution < -0.4 is 5.32 Å². The molecular formula is C12H18N2. The van der Waals surface area contributed by atoms with E-state index in [1.807, 2.05) is 12.4 Å². The maximum absolute atomic E-state index is 4.09. The van der Waals surface area contributed by atoms with Gasteiger partial charge in [0.1, 0.15) is 0 Å². The second kappa shape index (κ2) is 3.99. The third-order valence-electron chi connectivity index (χ3n) is 2.94. The number of aryl methyl sites for hydroxylation is 1. The van der Waals surface area contributed by atoms with Crippen molar-refractivity contribution in [3.8, 4) is 0 Å². The summed E-state index contributed by atoms with van der Waals surface area (Å²) in [7, 11) is 0. The lowest BCUT2D eigenvalue weighted by atomic mass is 10.2. The van der Waals surface area contributed by atoms with Crippen molar-refractivity contribution in [2.45, 2.75) is 39.2 Å². The van der Waals surface area contributed by atoms with Crippen LogP contribution in [-0.4, -0.2) is 11.0 Å². The summed E-state index contributed by atoms with van der Waals surface area (Å²) in [5, 5.41) is 3.58. The Morgan fingerprint density at radius 2 is 2.43 bits per heavy atom. The van der Waals surface area contributed by atoms with E-state index in [2.05, 4.69) is 30.2 Å². The van der Waals surface area contributed by atoms with E-state index in [4.69, 9.17) is 0 Å². The first-order chi connectivity index (χ1) is 6.81. The van der Waals surface area contributed by atoms with Crippen LogP contribution in [-0.2, 0) is 0 Å². The van der Waals surface area contributed by atoms with Gasteiger partial charge < -0.3 is 5.32 Å². The molecule has 0 aliphatic heterocycles. The van der Waals surface area contributed by atoms with Crippen LogP contribution in [0.2, 0.25) is 0 Å². The second-order valence-corrected chi connectivity index (χ2v) is 4.23. The highest BCUT2D eigenvalue weighted by molar-refractivity contribution is 5.50. The molecule has 1 N–H and O–H groups in total. The van der Waals surface area contributed by atoms with Crippen molar-refractivity contribution < 1.29 is 0 Å². The van der Waals surface area contributed by atoms with Gasteiger partial charge in [-0.3, -0.25) is 4.98 Å². The second-order valence-electron chi connectivity index (χ2n) is 4.23. The Balaban J connectivity index is 1.90. The molecule has 76 valence electrons. The number of hydrogen-bond acceptors (Lipinski definition) is 2. The van der Waals surface area contributed by atoms with Crippen molar-refractivity contribution in [2.75, 3.05) is 5.32 Å². The molecule has 14 heavy (non-hydrogen) atoms. The minimum Gasteiger partial charge on any atom is -0.382 e. The van der Waals surface area contributed by atoms with E-state index in [-0.39, 0.29) is 0 Å². The average Bonchev–Trinajstić information content (AvgIpc) is 2.89. The van der Waals surface area contributed by atoms with Crippen LogP contribution in [0.4, 0.5) is 5.69 Å². The smallest absolute Gasteiger partial charge is 0.0403 e. The third-order valence-corrected chi connectivity index (χ3v) is 2.94. The predicted octanol–water partition coefficient (Wildman–Crippen LogP) is 2.99. The first kappa shape index (κ1) is 9.50. The molecule has 1 saturated carbocycles. The van der Waals surface area contributed by atoms with E-state index in [1.165, 1.54) is 30.5 Å². The van der Waals surface area contributed by atoms with Gasteiger partial charge in [-0.05, 0) is 37.3 Å². The molecular weight excluding hydrogens is 172 g/mol. The summed E-state index contributed by atoms with van der Waals surface area (Å²) in [6, 6.07) is 2.78. The van der Waals surface area contributed by atoms with E-state index >= 15 is 0 Å². The van der Waals surface area contributed by atoms with Gasteiger partial charge in [-0.15, -0.1) is 0 Å². The topological polar surface area (TPSA) is 24.9 Å². The predicted molar refractivity (Wildman–Crippen MR) is 59.4 cm³/mol. The molecule has 2 rings (SSSR count). The van der Waals surface area contributed by atoms with Crippen molar-refractivity contribution >= 4 is 5.69 Å². The molecule has 1 aromatic heterocycles. The summed E-state index contributed by atoms with van der Waals surface area (Å²) < 4.78 is 0. The first-order valence-electron chi connectivity index (χ1n) is 5.48. The number of nitrogens with one attached hydrogen (secondary N) is 1. The minimum absolute atomic E-state index is 0.719. The molecule has 2 nitrogen and oxygen atoms in total. The van der Waals surface area contributed by atoms with Crippen LogP contribution in [0.15, 0.2) is 18.5 Å². The quantitative estimate of drug-likeness (QED) is 0.789.